The number of para-hydroxylation sites is 1. The van der Waals surface area contributed by atoms with Crippen LogP contribution in [0.4, 0.5) is 0 Å². The zero-order chi connectivity index (χ0) is 41.7. The topological polar surface area (TPSA) is 77.6 Å². The van der Waals surface area contributed by atoms with Gasteiger partial charge in [0.1, 0.15) is 11.1 Å². The van der Waals surface area contributed by atoms with E-state index < -0.39 is 0 Å². The summed E-state index contributed by atoms with van der Waals surface area (Å²) >= 11 is 0. The van der Waals surface area contributed by atoms with Crippen molar-refractivity contribution in [3.63, 3.8) is 0 Å². The van der Waals surface area contributed by atoms with E-state index in [0.717, 1.165) is 89.4 Å². The molecular formula is C57H37N5O. The second-order valence-corrected chi connectivity index (χ2v) is 16.0. The quantitative estimate of drug-likeness (QED) is 0.149. The number of hydrogen-bond acceptors (Lipinski definition) is 6. The van der Waals surface area contributed by atoms with Crippen LogP contribution in [-0.2, 0) is 0 Å². The number of allylic oxidation sites excluding steroid dienone is 4. The van der Waals surface area contributed by atoms with E-state index >= 15 is 0 Å². The molecule has 3 heterocycles. The van der Waals surface area contributed by atoms with Crippen molar-refractivity contribution in [3.05, 3.63) is 217 Å². The van der Waals surface area contributed by atoms with E-state index in [0.29, 0.717) is 17.5 Å². The molecule has 1 atom stereocenters. The Bertz CT molecular complexity index is 3560. The molecule has 0 aliphatic heterocycles. The summed E-state index contributed by atoms with van der Waals surface area (Å²) in [6, 6.07) is 65.0. The van der Waals surface area contributed by atoms with Crippen LogP contribution in [0.25, 0.3) is 106 Å². The van der Waals surface area contributed by atoms with Crippen molar-refractivity contribution in [2.24, 2.45) is 0 Å². The normalized spacial score (nSPS) is 13.8. The van der Waals surface area contributed by atoms with Gasteiger partial charge >= 0.3 is 0 Å². The molecule has 1 aliphatic carbocycles. The molecule has 6 nitrogen and oxygen atoms in total. The molecule has 296 valence electrons. The lowest BCUT2D eigenvalue weighted by molar-refractivity contribution is 0.671. The number of benzene rings is 8. The van der Waals surface area contributed by atoms with Crippen LogP contribution in [0.2, 0.25) is 0 Å². The second kappa shape index (κ2) is 15.3. The molecule has 8 aromatic carbocycles. The third-order valence-corrected chi connectivity index (χ3v) is 12.1. The van der Waals surface area contributed by atoms with Gasteiger partial charge in [-0.05, 0) is 75.7 Å². The van der Waals surface area contributed by atoms with Gasteiger partial charge in [0.25, 0.3) is 0 Å². The average Bonchev–Trinajstić information content (AvgIpc) is 3.76. The predicted molar refractivity (Wildman–Crippen MR) is 256 cm³/mol. The minimum absolute atomic E-state index is 0.251. The Morgan fingerprint density at radius 3 is 1.59 bits per heavy atom. The number of nitrogens with zero attached hydrogens (tertiary/aromatic N) is 5. The number of furan rings is 1. The molecule has 0 spiro atoms. The first-order valence-electron chi connectivity index (χ1n) is 21.2. The molecule has 1 unspecified atom stereocenters. The predicted octanol–water partition coefficient (Wildman–Crippen LogP) is 14.3. The molecule has 63 heavy (non-hydrogen) atoms. The smallest absolute Gasteiger partial charge is 0.164 e. The van der Waals surface area contributed by atoms with Crippen molar-refractivity contribution in [2.45, 2.75) is 12.3 Å². The molecule has 0 saturated heterocycles. The van der Waals surface area contributed by atoms with Gasteiger partial charge in [-0.15, -0.1) is 0 Å². The molecule has 1 aliphatic rings. The minimum atomic E-state index is 0.251. The number of aromatic nitrogens is 5. The van der Waals surface area contributed by atoms with Crippen molar-refractivity contribution in [1.29, 1.82) is 0 Å². The highest BCUT2D eigenvalue weighted by Gasteiger charge is 2.18. The van der Waals surface area contributed by atoms with Gasteiger partial charge < -0.3 is 4.42 Å². The van der Waals surface area contributed by atoms with Crippen LogP contribution in [-0.4, -0.2) is 24.9 Å². The SMILES string of the molecule is C1=CC(c2ccc(-c3ccc(-c4nc(-c5ccccc5)nc(-c5ccc(-c6ccccc6)cc5)n4)cc3)cc2)CC(c2ccc3nc4ccc5c6ccccc6oc5c4nc3c2)=C1. The van der Waals surface area contributed by atoms with Gasteiger partial charge in [-0.3, -0.25) is 0 Å². The standard InChI is InChI=1S/C57H37N5O/c1-3-10-36(11-4-1)37-22-26-42(27-23-37)56-60-55(41-12-5-2-6-13-41)61-57(62-56)43-28-24-39(25-29-43)38-18-20-40(21-19-38)44-14-9-15-45(34-44)46-30-32-49-51(35-46)59-53-50(58-49)33-31-48-47-16-7-8-17-52(47)63-54(48)53/h1-33,35,44H,34H2. The molecule has 0 bridgehead atoms. The first kappa shape index (κ1) is 36.5. The summed E-state index contributed by atoms with van der Waals surface area (Å²) in [6.07, 6.45) is 7.59. The Morgan fingerprint density at radius 1 is 0.397 bits per heavy atom. The third kappa shape index (κ3) is 6.84. The van der Waals surface area contributed by atoms with Crippen LogP contribution < -0.4 is 0 Å². The van der Waals surface area contributed by atoms with Crippen LogP contribution in [0, 0.1) is 0 Å². The molecule has 3 aromatic heterocycles. The average molecular weight is 808 g/mol. The summed E-state index contributed by atoms with van der Waals surface area (Å²) in [6.45, 7) is 0. The Kier molecular flexibility index (Phi) is 8.85. The molecule has 11 aromatic rings. The largest absolute Gasteiger partial charge is 0.454 e. The molecule has 0 fully saturated rings. The Balaban J connectivity index is 0.788. The third-order valence-electron chi connectivity index (χ3n) is 12.1. The van der Waals surface area contributed by atoms with Gasteiger partial charge in [0.15, 0.2) is 23.1 Å². The van der Waals surface area contributed by atoms with Crippen LogP contribution >= 0.6 is 0 Å². The maximum Gasteiger partial charge on any atom is 0.164 e. The van der Waals surface area contributed by atoms with E-state index in [1.165, 1.54) is 16.7 Å². The zero-order valence-corrected chi connectivity index (χ0v) is 34.1. The van der Waals surface area contributed by atoms with Crippen LogP contribution in [0.3, 0.4) is 0 Å². The Morgan fingerprint density at radius 2 is 0.921 bits per heavy atom. The fraction of sp³-hybridized carbons (Fsp3) is 0.0351. The van der Waals surface area contributed by atoms with Crippen LogP contribution in [0.1, 0.15) is 23.5 Å². The van der Waals surface area contributed by atoms with Gasteiger partial charge in [0.2, 0.25) is 0 Å². The van der Waals surface area contributed by atoms with Crippen LogP contribution in [0.5, 0.6) is 0 Å². The van der Waals surface area contributed by atoms with Gasteiger partial charge in [0, 0.05) is 33.4 Å². The minimum Gasteiger partial charge on any atom is -0.454 e. The summed E-state index contributed by atoms with van der Waals surface area (Å²) in [5, 5.41) is 2.15. The zero-order valence-electron chi connectivity index (χ0n) is 34.1. The van der Waals surface area contributed by atoms with Gasteiger partial charge in [-0.2, -0.15) is 0 Å². The van der Waals surface area contributed by atoms with E-state index in [9.17, 15) is 0 Å². The first-order chi connectivity index (χ1) is 31.2. The van der Waals surface area contributed by atoms with E-state index in [1.807, 2.05) is 60.7 Å². The number of hydrogen-bond donors (Lipinski definition) is 0. The van der Waals surface area contributed by atoms with E-state index in [2.05, 4.69) is 146 Å². The summed E-state index contributed by atoms with van der Waals surface area (Å²) in [5.74, 6) is 2.17. The molecule has 0 N–H and O–H groups in total. The van der Waals surface area contributed by atoms with E-state index in [1.54, 1.807) is 0 Å². The van der Waals surface area contributed by atoms with Gasteiger partial charge in [-0.1, -0.05) is 176 Å². The van der Waals surface area contributed by atoms with Gasteiger partial charge in [0.05, 0.1) is 16.6 Å². The molecule has 12 rings (SSSR count). The summed E-state index contributed by atoms with van der Waals surface area (Å²) in [4.78, 5) is 25.0. The summed E-state index contributed by atoms with van der Waals surface area (Å²) in [7, 11) is 0. The first-order valence-corrected chi connectivity index (χ1v) is 21.2. The monoisotopic (exact) mass is 807 g/mol. The number of fused-ring (bicyclic) bond motifs is 6. The molecule has 0 amide bonds. The van der Waals surface area contributed by atoms with Crippen molar-refractivity contribution in [2.75, 3.05) is 0 Å². The molecular weight excluding hydrogens is 771 g/mol. The van der Waals surface area contributed by atoms with Gasteiger partial charge in [-0.25, -0.2) is 24.9 Å². The second-order valence-electron chi connectivity index (χ2n) is 16.0. The van der Waals surface area contributed by atoms with Crippen molar-refractivity contribution in [3.8, 4) is 56.4 Å². The maximum absolute atomic E-state index is 6.30. The fourth-order valence-corrected chi connectivity index (χ4v) is 8.77. The lowest BCUT2D eigenvalue weighted by Gasteiger charge is -2.20. The number of rotatable bonds is 7. The highest BCUT2D eigenvalue weighted by atomic mass is 16.3. The van der Waals surface area contributed by atoms with Crippen molar-refractivity contribution < 1.29 is 4.42 Å². The Labute approximate surface area is 363 Å². The van der Waals surface area contributed by atoms with E-state index in [-0.39, 0.29) is 5.92 Å². The molecule has 0 saturated carbocycles. The van der Waals surface area contributed by atoms with E-state index in [4.69, 9.17) is 29.3 Å². The lowest BCUT2D eigenvalue weighted by atomic mass is 9.85. The fourth-order valence-electron chi connectivity index (χ4n) is 8.77. The molecule has 0 radical (unpaired) electrons. The maximum atomic E-state index is 6.30. The lowest BCUT2D eigenvalue weighted by Crippen LogP contribution is -2.01. The van der Waals surface area contributed by atoms with Crippen molar-refractivity contribution >= 4 is 49.6 Å². The highest BCUT2D eigenvalue weighted by molar-refractivity contribution is 6.14. The Hall–Kier alpha value is -8.35. The van der Waals surface area contributed by atoms with Crippen LogP contribution in [0.15, 0.2) is 211 Å². The highest BCUT2D eigenvalue weighted by Crippen LogP contribution is 2.37. The summed E-state index contributed by atoms with van der Waals surface area (Å²) < 4.78 is 6.30. The summed E-state index contributed by atoms with van der Waals surface area (Å²) in [5.41, 5.74) is 16.1. The molecule has 6 heteroatoms. The van der Waals surface area contributed by atoms with Crippen molar-refractivity contribution in [1.82, 2.24) is 24.9 Å².